The number of nitrogens with one attached hydrogen (secondary N) is 2. The lowest BCUT2D eigenvalue weighted by atomic mass is 10.1. The average Bonchev–Trinajstić information content (AvgIpc) is 2.82. The molecule has 0 bridgehead atoms. The molecule has 1 saturated heterocycles. The number of aryl methyl sites for hydroxylation is 1. The number of hydrogen-bond acceptors (Lipinski definition) is 5. The summed E-state index contributed by atoms with van der Waals surface area (Å²) >= 11 is 1.22. The summed E-state index contributed by atoms with van der Waals surface area (Å²) in [6.45, 7) is 5.68. The smallest absolute Gasteiger partial charge is 0.240 e. The first kappa shape index (κ1) is 16.2. The maximum atomic E-state index is 12.1. The highest BCUT2D eigenvalue weighted by atomic mass is 32.2. The van der Waals surface area contributed by atoms with Crippen LogP contribution >= 0.6 is 11.8 Å². The lowest BCUT2D eigenvalue weighted by Crippen LogP contribution is -2.28. The molecule has 0 aromatic heterocycles. The second-order valence-corrected chi connectivity index (χ2v) is 6.07. The largest absolute Gasteiger partial charge is 0.326 e. The van der Waals surface area contributed by atoms with Gasteiger partial charge in [0, 0.05) is 18.3 Å². The maximum absolute atomic E-state index is 12.1. The van der Waals surface area contributed by atoms with Gasteiger partial charge in [0.2, 0.25) is 11.8 Å². The number of amides is 2. The SMILES string of the molecule is C/C=N\N=C1/NC(=O)[C@H](CC(=O)Nc2cccc(C)c2C)S1. The van der Waals surface area contributed by atoms with E-state index >= 15 is 0 Å². The van der Waals surface area contributed by atoms with Crippen molar-refractivity contribution >= 4 is 40.6 Å². The van der Waals surface area contributed by atoms with Crippen LogP contribution in [0.15, 0.2) is 28.4 Å². The van der Waals surface area contributed by atoms with Crippen LogP contribution in [0, 0.1) is 13.8 Å². The van der Waals surface area contributed by atoms with Crippen LogP contribution < -0.4 is 10.6 Å². The molecule has 1 atom stereocenters. The van der Waals surface area contributed by atoms with E-state index in [0.29, 0.717) is 5.17 Å². The predicted octanol–water partition coefficient (Wildman–Crippen LogP) is 2.23. The molecule has 6 nitrogen and oxygen atoms in total. The molecule has 0 unspecified atom stereocenters. The Labute approximate surface area is 133 Å². The fourth-order valence-electron chi connectivity index (χ4n) is 1.95. The molecule has 22 heavy (non-hydrogen) atoms. The topological polar surface area (TPSA) is 82.9 Å². The van der Waals surface area contributed by atoms with Crippen LogP contribution in [0.1, 0.15) is 24.5 Å². The van der Waals surface area contributed by atoms with Crippen molar-refractivity contribution in [3.8, 4) is 0 Å². The Morgan fingerprint density at radius 2 is 2.23 bits per heavy atom. The summed E-state index contributed by atoms with van der Waals surface area (Å²) in [6, 6.07) is 5.73. The fourth-order valence-corrected chi connectivity index (χ4v) is 2.88. The first-order valence-electron chi connectivity index (χ1n) is 6.90. The van der Waals surface area contributed by atoms with Crippen molar-refractivity contribution in [1.82, 2.24) is 5.32 Å². The van der Waals surface area contributed by atoms with E-state index in [2.05, 4.69) is 20.8 Å². The zero-order valence-corrected chi connectivity index (χ0v) is 13.5. The minimum absolute atomic E-state index is 0.0960. The molecule has 0 aliphatic carbocycles. The van der Waals surface area contributed by atoms with Crippen LogP contribution in [0.25, 0.3) is 0 Å². The number of nitrogens with zero attached hydrogens (tertiary/aromatic N) is 2. The number of amidine groups is 1. The monoisotopic (exact) mass is 318 g/mol. The molecule has 2 N–H and O–H groups in total. The van der Waals surface area contributed by atoms with E-state index in [9.17, 15) is 9.59 Å². The van der Waals surface area contributed by atoms with E-state index in [-0.39, 0.29) is 18.2 Å². The van der Waals surface area contributed by atoms with Crippen molar-refractivity contribution < 1.29 is 9.59 Å². The number of carbonyl (C=O) groups excluding carboxylic acids is 2. The second-order valence-electron chi connectivity index (χ2n) is 4.87. The Kier molecular flexibility index (Phi) is 5.32. The third-order valence-corrected chi connectivity index (χ3v) is 4.36. The molecule has 1 heterocycles. The van der Waals surface area contributed by atoms with Gasteiger partial charge in [-0.15, -0.1) is 5.10 Å². The summed E-state index contributed by atoms with van der Waals surface area (Å²) in [6.07, 6.45) is 1.62. The van der Waals surface area contributed by atoms with Gasteiger partial charge in [-0.1, -0.05) is 23.9 Å². The van der Waals surface area contributed by atoms with Gasteiger partial charge in [0.15, 0.2) is 5.17 Å². The third kappa shape index (κ3) is 3.94. The zero-order valence-electron chi connectivity index (χ0n) is 12.7. The van der Waals surface area contributed by atoms with E-state index in [1.807, 2.05) is 32.0 Å². The van der Waals surface area contributed by atoms with Crippen molar-refractivity contribution in [2.75, 3.05) is 5.32 Å². The van der Waals surface area contributed by atoms with Gasteiger partial charge in [0.25, 0.3) is 0 Å². The summed E-state index contributed by atoms with van der Waals surface area (Å²) < 4.78 is 0. The molecule has 2 amide bonds. The first-order chi connectivity index (χ1) is 10.5. The number of benzene rings is 1. The quantitative estimate of drug-likeness (QED) is 0.659. The van der Waals surface area contributed by atoms with Crippen molar-refractivity contribution in [2.24, 2.45) is 10.2 Å². The molecule has 1 aliphatic rings. The van der Waals surface area contributed by atoms with Gasteiger partial charge >= 0.3 is 0 Å². The minimum Gasteiger partial charge on any atom is -0.326 e. The molecule has 0 saturated carbocycles. The Hall–Kier alpha value is -2.15. The summed E-state index contributed by atoms with van der Waals surface area (Å²) in [5, 5.41) is 13.0. The minimum atomic E-state index is -0.476. The molecular weight excluding hydrogens is 300 g/mol. The van der Waals surface area contributed by atoms with Crippen LogP contribution in [-0.2, 0) is 9.59 Å². The number of rotatable bonds is 4. The molecule has 7 heteroatoms. The van der Waals surface area contributed by atoms with E-state index in [1.165, 1.54) is 18.0 Å². The van der Waals surface area contributed by atoms with Crippen molar-refractivity contribution in [1.29, 1.82) is 0 Å². The van der Waals surface area contributed by atoms with Gasteiger partial charge < -0.3 is 10.6 Å². The Balaban J connectivity index is 1.98. The van der Waals surface area contributed by atoms with Crippen molar-refractivity contribution in [3.63, 3.8) is 0 Å². The van der Waals surface area contributed by atoms with Crippen LogP contribution in [0.3, 0.4) is 0 Å². The standard InChI is InChI=1S/C15H18N4O2S/c1-4-16-19-15-18-14(21)12(22-15)8-13(20)17-11-7-5-6-9(2)10(11)3/h4-7,12H,8H2,1-3H3,(H,17,20)(H,18,19,21)/b16-4-/t12-/m0/s1. The lowest BCUT2D eigenvalue weighted by Gasteiger charge is -2.11. The van der Waals surface area contributed by atoms with Gasteiger partial charge in [-0.05, 0) is 38.0 Å². The molecule has 116 valence electrons. The summed E-state index contributed by atoms with van der Waals surface area (Å²) in [7, 11) is 0. The first-order valence-corrected chi connectivity index (χ1v) is 7.78. The van der Waals surface area contributed by atoms with E-state index < -0.39 is 5.25 Å². The molecule has 1 aromatic carbocycles. The van der Waals surface area contributed by atoms with Gasteiger partial charge in [0.1, 0.15) is 5.25 Å². The van der Waals surface area contributed by atoms with E-state index in [1.54, 1.807) is 6.92 Å². The van der Waals surface area contributed by atoms with Gasteiger partial charge in [0.05, 0.1) is 0 Å². The highest BCUT2D eigenvalue weighted by molar-refractivity contribution is 8.15. The summed E-state index contributed by atoms with van der Waals surface area (Å²) in [5.74, 6) is -0.409. The van der Waals surface area contributed by atoms with Crippen LogP contribution in [0.5, 0.6) is 0 Å². The molecule has 0 radical (unpaired) electrons. The normalized spacial score (nSPS) is 19.7. The molecule has 1 aliphatic heterocycles. The summed E-state index contributed by atoms with van der Waals surface area (Å²) in [4.78, 5) is 23.9. The number of thioether (sulfide) groups is 1. The number of carbonyl (C=O) groups is 2. The second kappa shape index (κ2) is 7.22. The molecule has 1 fully saturated rings. The third-order valence-electron chi connectivity index (χ3n) is 3.29. The van der Waals surface area contributed by atoms with Crippen LogP contribution in [0.4, 0.5) is 5.69 Å². The molecule has 1 aromatic rings. The Morgan fingerprint density at radius 3 is 2.95 bits per heavy atom. The van der Waals surface area contributed by atoms with E-state index in [0.717, 1.165) is 16.8 Å². The molecule has 0 spiro atoms. The lowest BCUT2D eigenvalue weighted by molar-refractivity contribution is -0.122. The Morgan fingerprint density at radius 1 is 1.45 bits per heavy atom. The van der Waals surface area contributed by atoms with Crippen molar-refractivity contribution in [3.05, 3.63) is 29.3 Å². The fraction of sp³-hybridized carbons (Fsp3) is 0.333. The van der Waals surface area contributed by atoms with Gasteiger partial charge in [-0.3, -0.25) is 9.59 Å². The van der Waals surface area contributed by atoms with Crippen molar-refractivity contribution in [2.45, 2.75) is 32.4 Å². The molecular formula is C15H18N4O2S. The van der Waals surface area contributed by atoms with Gasteiger partial charge in [-0.25, -0.2) is 0 Å². The van der Waals surface area contributed by atoms with Gasteiger partial charge in [-0.2, -0.15) is 5.10 Å². The van der Waals surface area contributed by atoms with E-state index in [4.69, 9.17) is 0 Å². The Bertz CT molecular complexity index is 655. The summed E-state index contributed by atoms with van der Waals surface area (Å²) in [5.41, 5.74) is 2.91. The predicted molar refractivity (Wildman–Crippen MR) is 90.3 cm³/mol. The maximum Gasteiger partial charge on any atom is 0.240 e. The highest BCUT2D eigenvalue weighted by Gasteiger charge is 2.32. The molecule has 2 rings (SSSR count). The number of hydrogen-bond donors (Lipinski definition) is 2. The average molecular weight is 318 g/mol. The number of anilines is 1. The van der Waals surface area contributed by atoms with Crippen LogP contribution in [-0.4, -0.2) is 28.4 Å². The van der Waals surface area contributed by atoms with Crippen LogP contribution in [0.2, 0.25) is 0 Å². The zero-order chi connectivity index (χ0) is 16.1. The highest BCUT2D eigenvalue weighted by Crippen LogP contribution is 2.24.